The standard InChI is InChI=1S/C20H26BrF3N2O2.C12H22N2O2.C8H4BrF3O/c1-18(2,3)28-17(27)26-8-6-19(7-9-26)12-25(13-19)11-14-4-5-15(10-16(14)21)20(22,23)24;1-11(2,3)16-10(15)14-6-4-12(5-7-14)8-13-9-12;9-7-3-6(8(10,11)12)2-1-5(7)4-13/h4-5,10H,6-9,11-13H2,1-3H3;13H,4-9H2,1-3H3;1-4H. The normalized spacial score (nSPS) is 19.3. The van der Waals surface area contributed by atoms with Gasteiger partial charge in [-0.3, -0.25) is 9.69 Å². The van der Waals surface area contributed by atoms with Crippen LogP contribution in [0.1, 0.15) is 94.3 Å². The Morgan fingerprint density at radius 3 is 1.47 bits per heavy atom. The van der Waals surface area contributed by atoms with Crippen LogP contribution in [-0.2, 0) is 28.4 Å². The van der Waals surface area contributed by atoms with E-state index in [-0.39, 0.29) is 33.2 Å². The summed E-state index contributed by atoms with van der Waals surface area (Å²) in [5.41, 5.74) is -0.543. The number of piperidine rings is 2. The molecule has 0 atom stereocenters. The summed E-state index contributed by atoms with van der Waals surface area (Å²) in [6.07, 6.45) is -4.55. The Bertz CT molecular complexity index is 1710. The predicted molar refractivity (Wildman–Crippen MR) is 211 cm³/mol. The summed E-state index contributed by atoms with van der Waals surface area (Å²) < 4.78 is 86.1. The zero-order valence-corrected chi connectivity index (χ0v) is 36.3. The number of benzene rings is 2. The van der Waals surface area contributed by atoms with Gasteiger partial charge in [-0.15, -0.1) is 0 Å². The lowest BCUT2D eigenvalue weighted by Gasteiger charge is -2.54. The van der Waals surface area contributed by atoms with E-state index in [0.29, 0.717) is 35.8 Å². The molecule has 2 spiro atoms. The molecule has 57 heavy (non-hydrogen) atoms. The molecule has 2 aromatic carbocycles. The van der Waals surface area contributed by atoms with Crippen molar-refractivity contribution in [3.05, 3.63) is 67.6 Å². The largest absolute Gasteiger partial charge is 0.444 e. The van der Waals surface area contributed by atoms with E-state index in [1.165, 1.54) is 0 Å². The summed E-state index contributed by atoms with van der Waals surface area (Å²) in [6, 6.07) is 6.69. The van der Waals surface area contributed by atoms with Crippen molar-refractivity contribution in [1.29, 1.82) is 0 Å². The smallest absolute Gasteiger partial charge is 0.416 e. The van der Waals surface area contributed by atoms with Crippen LogP contribution in [0.3, 0.4) is 0 Å². The summed E-state index contributed by atoms with van der Waals surface area (Å²) in [7, 11) is 0. The predicted octanol–water partition coefficient (Wildman–Crippen LogP) is 10.2. The van der Waals surface area contributed by atoms with Gasteiger partial charge < -0.3 is 24.6 Å². The van der Waals surface area contributed by atoms with E-state index >= 15 is 0 Å². The van der Waals surface area contributed by atoms with Crippen molar-refractivity contribution in [2.24, 2.45) is 10.8 Å². The summed E-state index contributed by atoms with van der Waals surface area (Å²) in [5, 5.41) is 3.32. The molecule has 6 rings (SSSR count). The van der Waals surface area contributed by atoms with E-state index < -0.39 is 29.1 Å². The van der Waals surface area contributed by atoms with Crippen LogP contribution in [0.25, 0.3) is 0 Å². The Balaban J connectivity index is 0.000000209. The lowest BCUT2D eigenvalue weighted by molar-refractivity contribution is -0.138. The number of aldehydes is 1. The molecule has 4 aliphatic rings. The van der Waals surface area contributed by atoms with Crippen LogP contribution in [0.2, 0.25) is 0 Å². The van der Waals surface area contributed by atoms with Crippen molar-refractivity contribution in [1.82, 2.24) is 20.0 Å². The number of likely N-dealkylation sites (tertiary alicyclic amines) is 3. The SMILES string of the molecule is CC(C)(C)OC(=O)N1CCC2(CC1)CN(Cc1ccc(C(F)(F)F)cc1Br)C2.CC(C)(C)OC(=O)N1CCC2(CC1)CNC2.O=Cc1ccc(C(F)(F)F)cc1Br. The van der Waals surface area contributed by atoms with E-state index in [1.54, 1.807) is 11.0 Å². The van der Waals surface area contributed by atoms with Crippen molar-refractivity contribution < 1.29 is 50.2 Å². The number of rotatable bonds is 3. The Labute approximate surface area is 347 Å². The number of ether oxygens (including phenoxy) is 2. The van der Waals surface area contributed by atoms with E-state index in [0.717, 1.165) is 101 Å². The molecule has 0 aliphatic carbocycles. The number of carbonyl (C=O) groups excluding carboxylic acids is 3. The Morgan fingerprint density at radius 1 is 0.702 bits per heavy atom. The molecular formula is C40H52Br2F6N4O5. The minimum absolute atomic E-state index is 0.150. The van der Waals surface area contributed by atoms with Gasteiger partial charge in [0.2, 0.25) is 0 Å². The highest BCUT2D eigenvalue weighted by molar-refractivity contribution is 9.10. The third kappa shape index (κ3) is 13.6. The number of hydrogen-bond donors (Lipinski definition) is 1. The van der Waals surface area contributed by atoms with Gasteiger partial charge in [-0.25, -0.2) is 9.59 Å². The lowest BCUT2D eigenvalue weighted by atomic mass is 9.72. The van der Waals surface area contributed by atoms with Gasteiger partial charge in [-0.1, -0.05) is 37.9 Å². The van der Waals surface area contributed by atoms with Crippen LogP contribution < -0.4 is 5.32 Å². The monoisotopic (exact) mass is 940 g/mol. The number of carbonyl (C=O) groups is 3. The number of nitrogens with zero attached hydrogens (tertiary/aromatic N) is 3. The first-order valence-electron chi connectivity index (χ1n) is 18.8. The molecule has 2 aromatic rings. The summed E-state index contributed by atoms with van der Waals surface area (Å²) in [6.45, 7) is 19.0. The van der Waals surface area contributed by atoms with Crippen molar-refractivity contribution in [2.75, 3.05) is 52.4 Å². The molecule has 318 valence electrons. The number of nitrogens with one attached hydrogen (secondary N) is 1. The third-order valence-electron chi connectivity index (χ3n) is 10.3. The van der Waals surface area contributed by atoms with Crippen LogP contribution >= 0.6 is 31.9 Å². The van der Waals surface area contributed by atoms with Gasteiger partial charge in [0.05, 0.1) is 11.1 Å². The summed E-state index contributed by atoms with van der Waals surface area (Å²) in [5.74, 6) is 0. The van der Waals surface area contributed by atoms with Gasteiger partial charge in [-0.2, -0.15) is 26.3 Å². The van der Waals surface area contributed by atoms with Gasteiger partial charge in [0.15, 0.2) is 6.29 Å². The highest BCUT2D eigenvalue weighted by atomic mass is 79.9. The van der Waals surface area contributed by atoms with Gasteiger partial charge >= 0.3 is 24.5 Å². The average Bonchev–Trinajstić information content (AvgIpc) is 3.06. The van der Waals surface area contributed by atoms with E-state index in [4.69, 9.17) is 9.47 Å². The van der Waals surface area contributed by atoms with Gasteiger partial charge in [0.25, 0.3) is 0 Å². The quantitative estimate of drug-likeness (QED) is 0.242. The number of hydrogen-bond acceptors (Lipinski definition) is 7. The van der Waals surface area contributed by atoms with Crippen LogP contribution in [0, 0.1) is 10.8 Å². The zero-order valence-electron chi connectivity index (χ0n) is 33.1. The second kappa shape index (κ2) is 18.2. The molecule has 4 saturated heterocycles. The van der Waals surface area contributed by atoms with Gasteiger partial charge in [-0.05, 0) is 114 Å². The average molecular weight is 943 g/mol. The first-order valence-corrected chi connectivity index (χ1v) is 20.4. The van der Waals surface area contributed by atoms with Crippen molar-refractivity contribution >= 4 is 50.3 Å². The fourth-order valence-electron chi connectivity index (χ4n) is 7.03. The highest BCUT2D eigenvalue weighted by Gasteiger charge is 2.46. The number of alkyl halides is 6. The maximum absolute atomic E-state index is 12.8. The van der Waals surface area contributed by atoms with E-state index in [1.807, 2.05) is 46.4 Å². The van der Waals surface area contributed by atoms with Crippen molar-refractivity contribution in [3.8, 4) is 0 Å². The molecule has 2 amide bonds. The fourth-order valence-corrected chi connectivity index (χ4v) is 8.01. The minimum atomic E-state index is -4.37. The molecule has 0 unspecified atom stereocenters. The number of amides is 2. The second-order valence-corrected chi connectivity index (χ2v) is 19.0. The molecule has 4 heterocycles. The minimum Gasteiger partial charge on any atom is -0.444 e. The fraction of sp³-hybridized carbons (Fsp3) is 0.625. The van der Waals surface area contributed by atoms with Gasteiger partial charge in [0.1, 0.15) is 11.2 Å². The Kier molecular flexibility index (Phi) is 14.9. The van der Waals surface area contributed by atoms with E-state index in [2.05, 4.69) is 42.1 Å². The number of halogens is 8. The molecule has 4 fully saturated rings. The molecule has 0 bridgehead atoms. The van der Waals surface area contributed by atoms with Crippen molar-refractivity contribution in [3.63, 3.8) is 0 Å². The molecule has 0 radical (unpaired) electrons. The second-order valence-electron chi connectivity index (χ2n) is 17.3. The summed E-state index contributed by atoms with van der Waals surface area (Å²) in [4.78, 5) is 40.1. The first-order chi connectivity index (χ1) is 26.2. The molecular weight excluding hydrogens is 890 g/mol. The van der Waals surface area contributed by atoms with E-state index in [9.17, 15) is 40.7 Å². The highest BCUT2D eigenvalue weighted by Crippen LogP contribution is 2.42. The lowest BCUT2D eigenvalue weighted by Crippen LogP contribution is -2.60. The van der Waals surface area contributed by atoms with Crippen LogP contribution in [-0.4, -0.2) is 96.7 Å². The first kappa shape index (κ1) is 46.8. The van der Waals surface area contributed by atoms with Crippen LogP contribution in [0.5, 0.6) is 0 Å². The summed E-state index contributed by atoms with van der Waals surface area (Å²) >= 11 is 6.14. The Morgan fingerprint density at radius 2 is 1.12 bits per heavy atom. The third-order valence-corrected chi connectivity index (χ3v) is 11.7. The van der Waals surface area contributed by atoms with Crippen molar-refractivity contribution in [2.45, 2.75) is 97.3 Å². The molecule has 1 N–H and O–H groups in total. The molecule has 0 saturated carbocycles. The molecule has 17 heteroatoms. The van der Waals surface area contributed by atoms with Gasteiger partial charge in [0, 0.05) is 73.4 Å². The molecule has 9 nitrogen and oxygen atoms in total. The van der Waals surface area contributed by atoms with Crippen LogP contribution in [0.15, 0.2) is 45.3 Å². The Hall–Kier alpha value is -2.89. The molecule has 4 aliphatic heterocycles. The zero-order chi connectivity index (χ0) is 42.6. The van der Waals surface area contributed by atoms with Crippen LogP contribution in [0.4, 0.5) is 35.9 Å². The topological polar surface area (TPSA) is 91.4 Å². The maximum Gasteiger partial charge on any atom is 0.416 e. The maximum atomic E-state index is 12.8. The molecule has 0 aromatic heterocycles.